The van der Waals surface area contributed by atoms with Crippen LogP contribution >= 0.6 is 0 Å². The molecule has 4 nitrogen and oxygen atoms in total. The summed E-state index contributed by atoms with van der Waals surface area (Å²) in [6.07, 6.45) is 1.44. The first-order chi connectivity index (χ1) is 7.76. The van der Waals surface area contributed by atoms with Crippen LogP contribution in [0.2, 0.25) is 0 Å². The molecule has 0 radical (unpaired) electrons. The molecule has 0 N–H and O–H groups in total. The molecule has 16 heavy (non-hydrogen) atoms. The molecule has 0 atom stereocenters. The highest BCUT2D eigenvalue weighted by molar-refractivity contribution is 5.89. The SMILES string of the molecule is CCOC(=O)C#Cc1ccc(N=C=O)cc1. The molecule has 0 aromatic heterocycles. The number of ether oxygens (including phenoxy) is 1. The van der Waals surface area contributed by atoms with E-state index in [-0.39, 0.29) is 0 Å². The van der Waals surface area contributed by atoms with Crippen LogP contribution in [0.1, 0.15) is 12.5 Å². The second-order valence-electron chi connectivity index (χ2n) is 2.72. The number of benzene rings is 1. The van der Waals surface area contributed by atoms with Crippen LogP contribution < -0.4 is 0 Å². The van der Waals surface area contributed by atoms with Gasteiger partial charge in [0, 0.05) is 11.5 Å². The van der Waals surface area contributed by atoms with Crippen LogP contribution in [0.25, 0.3) is 0 Å². The van der Waals surface area contributed by atoms with E-state index in [0.29, 0.717) is 17.9 Å². The van der Waals surface area contributed by atoms with Crippen molar-refractivity contribution in [3.05, 3.63) is 29.8 Å². The quantitative estimate of drug-likeness (QED) is 0.325. The average molecular weight is 215 g/mol. The van der Waals surface area contributed by atoms with Gasteiger partial charge in [-0.05, 0) is 31.2 Å². The van der Waals surface area contributed by atoms with E-state index < -0.39 is 5.97 Å². The number of hydrogen-bond acceptors (Lipinski definition) is 4. The molecule has 4 heteroatoms. The van der Waals surface area contributed by atoms with Crippen molar-refractivity contribution in [2.75, 3.05) is 6.61 Å². The van der Waals surface area contributed by atoms with Gasteiger partial charge in [0.1, 0.15) is 0 Å². The van der Waals surface area contributed by atoms with Gasteiger partial charge >= 0.3 is 5.97 Å². The Balaban J connectivity index is 2.75. The molecule has 1 aromatic rings. The van der Waals surface area contributed by atoms with Crippen LogP contribution in [0, 0.1) is 11.8 Å². The van der Waals surface area contributed by atoms with Crippen LogP contribution in [0.4, 0.5) is 5.69 Å². The minimum absolute atomic E-state index is 0.306. The minimum Gasteiger partial charge on any atom is -0.456 e. The number of esters is 1. The first-order valence-corrected chi connectivity index (χ1v) is 4.63. The number of isocyanates is 1. The van der Waals surface area contributed by atoms with Crippen molar-refractivity contribution in [3.8, 4) is 11.8 Å². The van der Waals surface area contributed by atoms with Crippen molar-refractivity contribution in [1.29, 1.82) is 0 Å². The highest BCUT2D eigenvalue weighted by Gasteiger charge is 1.93. The Labute approximate surface area is 93.0 Å². The third-order valence-electron chi connectivity index (χ3n) is 1.63. The second kappa shape index (κ2) is 6.18. The van der Waals surface area contributed by atoms with Crippen molar-refractivity contribution in [3.63, 3.8) is 0 Å². The van der Waals surface area contributed by atoms with Gasteiger partial charge in [0.05, 0.1) is 12.3 Å². The van der Waals surface area contributed by atoms with Crippen molar-refractivity contribution in [1.82, 2.24) is 0 Å². The predicted octanol–water partition coefficient (Wildman–Crippen LogP) is 1.57. The second-order valence-corrected chi connectivity index (χ2v) is 2.72. The van der Waals surface area contributed by atoms with Crippen LogP contribution in [-0.4, -0.2) is 18.7 Å². The van der Waals surface area contributed by atoms with Crippen LogP contribution in [0.5, 0.6) is 0 Å². The third kappa shape index (κ3) is 3.79. The number of nitrogens with zero attached hydrogens (tertiary/aromatic N) is 1. The summed E-state index contributed by atoms with van der Waals surface area (Å²) in [5.41, 5.74) is 1.15. The molecule has 0 unspecified atom stereocenters. The fraction of sp³-hybridized carbons (Fsp3) is 0.167. The first kappa shape index (κ1) is 11.7. The average Bonchev–Trinajstić information content (AvgIpc) is 2.29. The molecule has 0 saturated carbocycles. The summed E-state index contributed by atoms with van der Waals surface area (Å²) in [7, 11) is 0. The Bertz CT molecular complexity index is 473. The van der Waals surface area contributed by atoms with Gasteiger partial charge in [-0.3, -0.25) is 0 Å². The lowest BCUT2D eigenvalue weighted by atomic mass is 10.2. The predicted molar refractivity (Wildman–Crippen MR) is 57.7 cm³/mol. The Kier molecular flexibility index (Phi) is 4.52. The van der Waals surface area contributed by atoms with Gasteiger partial charge in [-0.15, -0.1) is 0 Å². The molecule has 1 rings (SSSR count). The monoisotopic (exact) mass is 215 g/mol. The molecule has 0 spiro atoms. The largest absolute Gasteiger partial charge is 0.456 e. The van der Waals surface area contributed by atoms with Gasteiger partial charge < -0.3 is 4.74 Å². The molecule has 0 bridgehead atoms. The van der Waals surface area contributed by atoms with E-state index in [9.17, 15) is 9.59 Å². The molecular weight excluding hydrogens is 206 g/mol. The van der Waals surface area contributed by atoms with Crippen molar-refractivity contribution in [2.45, 2.75) is 6.92 Å². The van der Waals surface area contributed by atoms with Crippen molar-refractivity contribution < 1.29 is 14.3 Å². The standard InChI is InChI=1S/C12H9NO3/c1-2-16-12(15)8-5-10-3-6-11(7-4-10)13-9-14/h3-4,6-7H,2H2,1H3. The van der Waals surface area contributed by atoms with E-state index in [0.717, 1.165) is 0 Å². The Morgan fingerprint density at radius 1 is 1.38 bits per heavy atom. The number of aliphatic imine (C=N–C) groups is 1. The van der Waals surface area contributed by atoms with Crippen molar-refractivity contribution in [2.24, 2.45) is 4.99 Å². The normalized spacial score (nSPS) is 8.31. The molecule has 1 aromatic carbocycles. The molecular formula is C12H9NO3. The molecule has 0 saturated heterocycles. The maximum absolute atomic E-state index is 10.9. The van der Waals surface area contributed by atoms with Gasteiger partial charge in [-0.1, -0.05) is 5.92 Å². The van der Waals surface area contributed by atoms with E-state index >= 15 is 0 Å². The molecule has 80 valence electrons. The van der Waals surface area contributed by atoms with Gasteiger partial charge in [0.15, 0.2) is 0 Å². The van der Waals surface area contributed by atoms with E-state index in [1.165, 1.54) is 6.08 Å². The van der Waals surface area contributed by atoms with E-state index in [4.69, 9.17) is 0 Å². The van der Waals surface area contributed by atoms with Gasteiger partial charge in [0.25, 0.3) is 0 Å². The molecule has 0 amide bonds. The Morgan fingerprint density at radius 2 is 2.06 bits per heavy atom. The smallest absolute Gasteiger partial charge is 0.384 e. The van der Waals surface area contributed by atoms with Gasteiger partial charge in [-0.25, -0.2) is 9.59 Å². The summed E-state index contributed by atoms with van der Waals surface area (Å²) >= 11 is 0. The van der Waals surface area contributed by atoms with E-state index in [1.54, 1.807) is 31.2 Å². The van der Waals surface area contributed by atoms with E-state index in [1.807, 2.05) is 0 Å². The molecule has 0 aliphatic carbocycles. The number of carbonyl (C=O) groups is 1. The number of rotatable bonds is 2. The lowest BCUT2D eigenvalue weighted by Gasteiger charge is -1.92. The van der Waals surface area contributed by atoms with Crippen molar-refractivity contribution >= 4 is 17.7 Å². The van der Waals surface area contributed by atoms with Gasteiger partial charge in [0.2, 0.25) is 6.08 Å². The highest BCUT2D eigenvalue weighted by atomic mass is 16.5. The van der Waals surface area contributed by atoms with Crippen LogP contribution in [0.3, 0.4) is 0 Å². The molecule has 0 aliphatic heterocycles. The zero-order valence-corrected chi connectivity index (χ0v) is 8.69. The number of carbonyl (C=O) groups excluding carboxylic acids is 2. The molecule has 0 fully saturated rings. The van der Waals surface area contributed by atoms with Crippen LogP contribution in [-0.2, 0) is 14.3 Å². The number of hydrogen-bond donors (Lipinski definition) is 0. The lowest BCUT2D eigenvalue weighted by Crippen LogP contribution is -1.99. The zero-order chi connectivity index (χ0) is 11.8. The minimum atomic E-state index is -0.558. The highest BCUT2D eigenvalue weighted by Crippen LogP contribution is 2.10. The summed E-state index contributed by atoms with van der Waals surface area (Å²) in [4.78, 5) is 24.3. The fourth-order valence-corrected chi connectivity index (χ4v) is 0.962. The lowest BCUT2D eigenvalue weighted by molar-refractivity contribution is -0.136. The zero-order valence-electron chi connectivity index (χ0n) is 8.69. The first-order valence-electron chi connectivity index (χ1n) is 4.63. The van der Waals surface area contributed by atoms with E-state index in [2.05, 4.69) is 21.6 Å². The Morgan fingerprint density at radius 3 is 2.62 bits per heavy atom. The maximum atomic E-state index is 10.9. The summed E-state index contributed by atoms with van der Waals surface area (Å²) in [5.74, 6) is 4.41. The molecule has 0 heterocycles. The van der Waals surface area contributed by atoms with Gasteiger partial charge in [-0.2, -0.15) is 4.99 Å². The molecule has 0 aliphatic rings. The summed E-state index contributed by atoms with van der Waals surface area (Å²) in [5, 5.41) is 0. The maximum Gasteiger partial charge on any atom is 0.384 e. The summed E-state index contributed by atoms with van der Waals surface area (Å²) < 4.78 is 4.64. The summed E-state index contributed by atoms with van der Waals surface area (Å²) in [6, 6.07) is 6.53. The topological polar surface area (TPSA) is 55.7 Å². The third-order valence-corrected chi connectivity index (χ3v) is 1.63. The summed E-state index contributed by atoms with van der Waals surface area (Å²) in [6.45, 7) is 2.02. The fourth-order valence-electron chi connectivity index (χ4n) is 0.962. The van der Waals surface area contributed by atoms with Crippen LogP contribution in [0.15, 0.2) is 29.3 Å². The Hall–Kier alpha value is -2.37.